The fourth-order valence-corrected chi connectivity index (χ4v) is 5.95. The number of aliphatic carboxylic acids is 1. The maximum Gasteiger partial charge on any atom is 0.311 e. The SMILES string of the molecule is COCCn1ncc2cccc(C(C(=O)O)C3CC[C@@H](OCCCCc4ccc5c(n4)NCCC5)C3)c21. The van der Waals surface area contributed by atoms with Gasteiger partial charge in [0.25, 0.3) is 0 Å². The molecule has 1 aliphatic carbocycles. The number of hydrogen-bond acceptors (Lipinski definition) is 6. The predicted octanol–water partition coefficient (Wildman–Crippen LogP) is 4.81. The molecule has 198 valence electrons. The van der Waals surface area contributed by atoms with Crippen molar-refractivity contribution in [1.82, 2.24) is 14.8 Å². The van der Waals surface area contributed by atoms with E-state index in [0.717, 1.165) is 79.5 Å². The molecule has 1 aromatic carbocycles. The van der Waals surface area contributed by atoms with Gasteiger partial charge in [0.15, 0.2) is 0 Å². The third kappa shape index (κ3) is 5.96. The lowest BCUT2D eigenvalue weighted by molar-refractivity contribution is -0.140. The molecule has 0 radical (unpaired) electrons. The van der Waals surface area contributed by atoms with E-state index >= 15 is 0 Å². The van der Waals surface area contributed by atoms with Gasteiger partial charge in [-0.05, 0) is 74.5 Å². The summed E-state index contributed by atoms with van der Waals surface area (Å²) in [7, 11) is 1.66. The van der Waals surface area contributed by atoms with Gasteiger partial charge in [0.2, 0.25) is 0 Å². The molecular weight excluding hydrogens is 468 g/mol. The molecule has 0 amide bonds. The van der Waals surface area contributed by atoms with Crippen LogP contribution in [0.3, 0.4) is 0 Å². The van der Waals surface area contributed by atoms with Gasteiger partial charge in [-0.3, -0.25) is 9.48 Å². The Bertz CT molecular complexity index is 1210. The van der Waals surface area contributed by atoms with E-state index in [1.807, 2.05) is 29.1 Å². The van der Waals surface area contributed by atoms with Crippen molar-refractivity contribution in [3.63, 3.8) is 0 Å². The van der Waals surface area contributed by atoms with Gasteiger partial charge in [-0.15, -0.1) is 0 Å². The lowest BCUT2D eigenvalue weighted by Gasteiger charge is -2.22. The van der Waals surface area contributed by atoms with Crippen LogP contribution < -0.4 is 5.32 Å². The number of pyridine rings is 1. The minimum Gasteiger partial charge on any atom is -0.481 e. The number of anilines is 1. The Morgan fingerprint density at radius 3 is 3.00 bits per heavy atom. The summed E-state index contributed by atoms with van der Waals surface area (Å²) in [5, 5.41) is 19.1. The molecule has 2 N–H and O–H groups in total. The molecular formula is C29H38N4O4. The van der Waals surface area contributed by atoms with Gasteiger partial charge in [0.1, 0.15) is 5.82 Å². The van der Waals surface area contributed by atoms with E-state index in [2.05, 4.69) is 22.5 Å². The van der Waals surface area contributed by atoms with E-state index < -0.39 is 11.9 Å². The number of carboxylic acid groups (broad SMARTS) is 1. The zero-order valence-corrected chi connectivity index (χ0v) is 21.7. The monoisotopic (exact) mass is 506 g/mol. The molecule has 8 nitrogen and oxygen atoms in total. The number of ether oxygens (including phenoxy) is 2. The van der Waals surface area contributed by atoms with E-state index in [0.29, 0.717) is 19.8 Å². The number of aryl methyl sites for hydroxylation is 2. The normalized spacial score (nSPS) is 20.0. The van der Waals surface area contributed by atoms with Crippen LogP contribution >= 0.6 is 0 Å². The summed E-state index contributed by atoms with van der Waals surface area (Å²) in [5.74, 6) is -0.239. The number of nitrogens with one attached hydrogen (secondary N) is 1. The number of nitrogens with zero attached hydrogens (tertiary/aromatic N) is 3. The van der Waals surface area contributed by atoms with Crippen LogP contribution in [0.15, 0.2) is 36.5 Å². The van der Waals surface area contributed by atoms with Gasteiger partial charge in [-0.1, -0.05) is 24.3 Å². The summed E-state index contributed by atoms with van der Waals surface area (Å²) in [6.07, 6.45) is 9.73. The molecule has 2 unspecified atom stereocenters. The Morgan fingerprint density at radius 2 is 2.14 bits per heavy atom. The fourth-order valence-electron chi connectivity index (χ4n) is 5.95. The van der Waals surface area contributed by atoms with Crippen LogP contribution in [0.4, 0.5) is 5.82 Å². The van der Waals surface area contributed by atoms with Gasteiger partial charge in [-0.25, -0.2) is 4.98 Å². The van der Waals surface area contributed by atoms with Crippen LogP contribution in [0.2, 0.25) is 0 Å². The van der Waals surface area contributed by atoms with Crippen molar-refractivity contribution < 1.29 is 19.4 Å². The molecule has 1 aliphatic heterocycles. The molecule has 3 heterocycles. The van der Waals surface area contributed by atoms with Crippen molar-refractivity contribution in [3.8, 4) is 0 Å². The molecule has 2 aliphatic rings. The second-order valence-electron chi connectivity index (χ2n) is 10.3. The molecule has 1 saturated carbocycles. The zero-order valence-electron chi connectivity index (χ0n) is 21.7. The number of unbranched alkanes of at least 4 members (excludes halogenated alkanes) is 1. The molecule has 8 heteroatoms. The number of rotatable bonds is 12. The standard InChI is InChI=1S/C29H38N4O4/c1-36-17-15-33-27-22(19-31-33)6-4-9-25(27)26(29(34)35)21-11-13-24(18-21)37-16-3-2-8-23-12-10-20-7-5-14-30-28(20)32-23/h4,6,9-10,12,19,21,24,26H,2-3,5,7-8,11,13-18H2,1H3,(H,30,32)(H,34,35)/t21?,24-,26?/m1/s1. The molecule has 5 rings (SSSR count). The van der Waals surface area contributed by atoms with Crippen molar-refractivity contribution in [2.24, 2.45) is 5.92 Å². The van der Waals surface area contributed by atoms with Gasteiger partial charge in [0.05, 0.1) is 36.9 Å². The zero-order chi connectivity index (χ0) is 25.6. The van der Waals surface area contributed by atoms with Gasteiger partial charge in [0, 0.05) is 31.3 Å². The van der Waals surface area contributed by atoms with Crippen molar-refractivity contribution in [1.29, 1.82) is 0 Å². The van der Waals surface area contributed by atoms with E-state index in [1.54, 1.807) is 7.11 Å². The summed E-state index contributed by atoms with van der Waals surface area (Å²) in [4.78, 5) is 17.3. The molecule has 0 saturated heterocycles. The Balaban J connectivity index is 1.14. The van der Waals surface area contributed by atoms with Crippen LogP contribution in [0, 0.1) is 5.92 Å². The molecule has 3 aromatic rings. The van der Waals surface area contributed by atoms with E-state index in [1.165, 1.54) is 12.0 Å². The largest absolute Gasteiger partial charge is 0.481 e. The lowest BCUT2D eigenvalue weighted by atomic mass is 9.84. The van der Waals surface area contributed by atoms with Gasteiger partial charge >= 0.3 is 5.97 Å². The highest BCUT2D eigenvalue weighted by molar-refractivity contribution is 5.88. The van der Waals surface area contributed by atoms with Crippen molar-refractivity contribution in [2.75, 3.05) is 32.2 Å². The highest BCUT2D eigenvalue weighted by Crippen LogP contribution is 2.41. The quantitative estimate of drug-likeness (QED) is 0.340. The summed E-state index contributed by atoms with van der Waals surface area (Å²) in [5.41, 5.74) is 4.21. The smallest absolute Gasteiger partial charge is 0.311 e. The van der Waals surface area contributed by atoms with Gasteiger partial charge < -0.3 is 19.9 Å². The first kappa shape index (κ1) is 25.7. The minimum absolute atomic E-state index is 0.0473. The first-order valence-electron chi connectivity index (χ1n) is 13.6. The third-order valence-electron chi connectivity index (χ3n) is 7.83. The first-order chi connectivity index (χ1) is 18.1. The number of carboxylic acids is 1. The molecule has 37 heavy (non-hydrogen) atoms. The second-order valence-corrected chi connectivity index (χ2v) is 10.3. The highest BCUT2D eigenvalue weighted by atomic mass is 16.5. The van der Waals surface area contributed by atoms with Crippen LogP contribution in [0.1, 0.15) is 61.3 Å². The number of aromatic nitrogens is 3. The van der Waals surface area contributed by atoms with Crippen LogP contribution in [-0.2, 0) is 33.7 Å². The maximum absolute atomic E-state index is 12.5. The second kappa shape index (κ2) is 12.0. The number of hydrogen-bond donors (Lipinski definition) is 2. The Kier molecular flexibility index (Phi) is 8.36. The lowest BCUT2D eigenvalue weighted by Crippen LogP contribution is -2.22. The first-order valence-corrected chi connectivity index (χ1v) is 13.6. The van der Waals surface area contributed by atoms with E-state index in [9.17, 15) is 9.90 Å². The average molecular weight is 507 g/mol. The predicted molar refractivity (Wildman–Crippen MR) is 143 cm³/mol. The molecule has 1 fully saturated rings. The summed E-state index contributed by atoms with van der Waals surface area (Å²) in [6, 6.07) is 10.2. The number of carbonyl (C=O) groups is 1. The number of fused-ring (bicyclic) bond motifs is 2. The van der Waals surface area contributed by atoms with Crippen LogP contribution in [-0.4, -0.2) is 58.8 Å². The third-order valence-corrected chi connectivity index (χ3v) is 7.83. The van der Waals surface area contributed by atoms with E-state index in [-0.39, 0.29) is 12.0 Å². The molecule has 3 atom stereocenters. The topological polar surface area (TPSA) is 98.5 Å². The van der Waals surface area contributed by atoms with Crippen LogP contribution in [0.25, 0.3) is 10.9 Å². The number of benzene rings is 1. The molecule has 2 aromatic heterocycles. The average Bonchev–Trinajstić information content (AvgIpc) is 3.55. The number of para-hydroxylation sites is 1. The summed E-state index contributed by atoms with van der Waals surface area (Å²) in [6.45, 7) is 2.84. The maximum atomic E-state index is 12.5. The summed E-state index contributed by atoms with van der Waals surface area (Å²) >= 11 is 0. The summed E-state index contributed by atoms with van der Waals surface area (Å²) < 4.78 is 13.3. The Labute approximate surface area is 218 Å². The van der Waals surface area contributed by atoms with E-state index in [4.69, 9.17) is 14.5 Å². The van der Waals surface area contributed by atoms with Crippen molar-refractivity contribution in [2.45, 2.75) is 69.9 Å². The highest BCUT2D eigenvalue weighted by Gasteiger charge is 2.37. The fraction of sp³-hybridized carbons (Fsp3) is 0.552. The Morgan fingerprint density at radius 1 is 1.22 bits per heavy atom. The van der Waals surface area contributed by atoms with Crippen LogP contribution in [0.5, 0.6) is 0 Å². The minimum atomic E-state index is -0.773. The van der Waals surface area contributed by atoms with Crippen molar-refractivity contribution in [3.05, 3.63) is 53.3 Å². The molecule has 0 bridgehead atoms. The Hall–Kier alpha value is -2.97. The van der Waals surface area contributed by atoms with Gasteiger partial charge in [-0.2, -0.15) is 5.10 Å². The van der Waals surface area contributed by atoms with Crippen molar-refractivity contribution >= 4 is 22.7 Å². The molecule has 0 spiro atoms. The number of methoxy groups -OCH3 is 1.